The first-order valence-electron chi connectivity index (χ1n) is 9.04. The third-order valence-electron chi connectivity index (χ3n) is 3.31. The molecule has 0 aliphatic carbocycles. The predicted octanol–water partition coefficient (Wildman–Crippen LogP) is 0.941. The van der Waals surface area contributed by atoms with Crippen LogP contribution in [0.15, 0.2) is 36.7 Å². The van der Waals surface area contributed by atoms with Gasteiger partial charge in [0.05, 0.1) is 6.42 Å². The van der Waals surface area contributed by atoms with Crippen molar-refractivity contribution < 1.29 is 28.7 Å². The van der Waals surface area contributed by atoms with E-state index in [0.717, 1.165) is 0 Å². The summed E-state index contributed by atoms with van der Waals surface area (Å²) in [5.74, 6) is 7.54. The lowest BCUT2D eigenvalue weighted by Crippen LogP contribution is -2.20. The Morgan fingerprint density at radius 1 is 0.875 bits per heavy atom. The molecule has 13 heteroatoms. The van der Waals surface area contributed by atoms with E-state index in [9.17, 15) is 19.2 Å². The van der Waals surface area contributed by atoms with Gasteiger partial charge < -0.3 is 25.1 Å². The number of carbonyl (C=O) groups is 4. The molecule has 0 saturated heterocycles. The lowest BCUT2D eigenvalue weighted by atomic mass is 10.2. The van der Waals surface area contributed by atoms with Gasteiger partial charge in [-0.15, -0.1) is 0 Å². The van der Waals surface area contributed by atoms with Crippen LogP contribution in [0.4, 0.5) is 11.6 Å². The molecule has 0 radical (unpaired) electrons. The molecule has 0 atom stereocenters. The first-order valence-corrected chi connectivity index (χ1v) is 9.04. The summed E-state index contributed by atoms with van der Waals surface area (Å²) in [4.78, 5) is 52.9. The summed E-state index contributed by atoms with van der Waals surface area (Å²) >= 11 is 0. The zero-order valence-electron chi connectivity index (χ0n) is 17.4. The number of nitrogen functional groups attached to an aromatic ring is 2. The second kappa shape index (κ2) is 13.1. The van der Waals surface area contributed by atoms with Gasteiger partial charge in [-0.2, -0.15) is 0 Å². The van der Waals surface area contributed by atoms with Crippen molar-refractivity contribution in [2.24, 2.45) is 11.7 Å². The van der Waals surface area contributed by atoms with Crippen molar-refractivity contribution in [2.45, 2.75) is 26.7 Å². The second-order valence-corrected chi connectivity index (χ2v) is 6.07. The van der Waals surface area contributed by atoms with Gasteiger partial charge in [-0.1, -0.05) is 0 Å². The number of aromatic nitrogens is 2. The highest BCUT2D eigenvalue weighted by atomic mass is 16.6. The van der Waals surface area contributed by atoms with Crippen molar-refractivity contribution in [3.05, 3.63) is 47.8 Å². The first-order chi connectivity index (χ1) is 15.2. The van der Waals surface area contributed by atoms with Gasteiger partial charge in [0.25, 0.3) is 0 Å². The topological polar surface area (TPSA) is 212 Å². The lowest BCUT2D eigenvalue weighted by Gasteiger charge is -2.09. The minimum Gasteiger partial charge on any atom is -0.408 e. The monoisotopic (exact) mass is 445 g/mol. The normalized spacial score (nSPS) is 9.50. The average Bonchev–Trinajstić information content (AvgIpc) is 2.77. The molecular weight excluding hydrogens is 422 g/mol. The van der Waals surface area contributed by atoms with Crippen molar-refractivity contribution in [3.63, 3.8) is 0 Å². The molecule has 2 aromatic rings. The number of nitrogens with zero attached hydrogens (tertiary/aromatic N) is 2. The number of esters is 3. The molecule has 170 valence electrons. The smallest absolute Gasteiger partial charge is 0.349 e. The average molecular weight is 445 g/mol. The van der Waals surface area contributed by atoms with E-state index in [1.165, 1.54) is 50.5 Å². The molecule has 2 rings (SSSR count). The van der Waals surface area contributed by atoms with Crippen LogP contribution in [0.1, 0.15) is 47.4 Å². The number of ether oxygens (including phenoxy) is 2. The molecule has 0 amide bonds. The number of hydrogen-bond acceptors (Lipinski definition) is 13. The molecule has 0 aromatic carbocycles. The van der Waals surface area contributed by atoms with Crippen LogP contribution in [0.5, 0.6) is 0 Å². The van der Waals surface area contributed by atoms with Gasteiger partial charge in [-0.05, 0) is 38.1 Å². The number of carbonyl (C=O) groups excluding carboxylic acids is 4. The summed E-state index contributed by atoms with van der Waals surface area (Å²) < 4.78 is 9.50. The highest BCUT2D eigenvalue weighted by Crippen LogP contribution is 2.14. The summed E-state index contributed by atoms with van der Waals surface area (Å²) in [5, 5.41) is 7.66. The Balaban J connectivity index is 0.00000118. The van der Waals surface area contributed by atoms with Crippen LogP contribution in [-0.2, 0) is 19.1 Å². The van der Waals surface area contributed by atoms with E-state index in [-0.39, 0.29) is 41.4 Å². The van der Waals surface area contributed by atoms with Crippen molar-refractivity contribution >= 4 is 41.2 Å². The highest BCUT2D eigenvalue weighted by molar-refractivity contribution is 6.02. The number of ketones is 1. The molecule has 0 spiro atoms. The number of pyridine rings is 2. The van der Waals surface area contributed by atoms with E-state index in [1.54, 1.807) is 0 Å². The van der Waals surface area contributed by atoms with Crippen LogP contribution in [0.3, 0.4) is 0 Å². The molecule has 0 saturated carbocycles. The number of nitrogens with two attached hydrogens (primary N) is 2. The zero-order valence-corrected chi connectivity index (χ0v) is 17.4. The van der Waals surface area contributed by atoms with Crippen molar-refractivity contribution in [1.29, 1.82) is 5.41 Å². The van der Waals surface area contributed by atoms with Crippen molar-refractivity contribution in [1.82, 2.24) is 9.97 Å². The summed E-state index contributed by atoms with van der Waals surface area (Å²) in [6.45, 7) is 3.06. The maximum atomic E-state index is 12.0. The van der Waals surface area contributed by atoms with Crippen LogP contribution in [0.25, 0.3) is 0 Å². The van der Waals surface area contributed by atoms with Crippen molar-refractivity contribution in [2.75, 3.05) is 10.9 Å². The lowest BCUT2D eigenvalue weighted by molar-refractivity contribution is -0.137. The Morgan fingerprint density at radius 2 is 1.31 bits per heavy atom. The van der Waals surface area contributed by atoms with Crippen LogP contribution in [0, 0.1) is 5.41 Å². The Bertz CT molecular complexity index is 918. The minimum atomic E-state index is -0.955. The van der Waals surface area contributed by atoms with Gasteiger partial charge in [0.2, 0.25) is 0 Å². The SMILES string of the molecule is CC(C)=O.N=C(CCC(=O)OC(=O)c1cccnc1NN)OC(=O)c1cccnc1NN. The molecule has 0 fully saturated rings. The summed E-state index contributed by atoms with van der Waals surface area (Å²) in [6, 6.07) is 5.74. The van der Waals surface area contributed by atoms with Gasteiger partial charge in [0.15, 0.2) is 17.5 Å². The fourth-order valence-corrected chi connectivity index (χ4v) is 2.01. The molecule has 32 heavy (non-hydrogen) atoms. The maximum absolute atomic E-state index is 12.0. The number of hydrogen-bond donors (Lipinski definition) is 5. The van der Waals surface area contributed by atoms with E-state index in [4.69, 9.17) is 21.8 Å². The predicted molar refractivity (Wildman–Crippen MR) is 113 cm³/mol. The van der Waals surface area contributed by atoms with Crippen LogP contribution in [-0.4, -0.2) is 39.6 Å². The summed E-state index contributed by atoms with van der Waals surface area (Å²) in [6.07, 6.45) is 2.19. The third-order valence-corrected chi connectivity index (χ3v) is 3.31. The fraction of sp³-hybridized carbons (Fsp3) is 0.211. The number of hydrazine groups is 2. The Kier molecular flexibility index (Phi) is 10.6. The molecule has 2 aromatic heterocycles. The van der Waals surface area contributed by atoms with Gasteiger partial charge in [-0.3, -0.25) is 10.2 Å². The zero-order chi connectivity index (χ0) is 24.1. The van der Waals surface area contributed by atoms with Gasteiger partial charge >= 0.3 is 17.9 Å². The largest absolute Gasteiger partial charge is 0.408 e. The van der Waals surface area contributed by atoms with E-state index < -0.39 is 23.8 Å². The fourth-order valence-electron chi connectivity index (χ4n) is 2.01. The number of rotatable bonds is 7. The Labute approximate surface area is 182 Å². The van der Waals surface area contributed by atoms with E-state index >= 15 is 0 Å². The molecule has 13 nitrogen and oxygen atoms in total. The minimum absolute atomic E-state index is 0.0193. The second-order valence-electron chi connectivity index (χ2n) is 6.07. The molecular formula is C19H23N7O6. The highest BCUT2D eigenvalue weighted by Gasteiger charge is 2.19. The van der Waals surface area contributed by atoms with E-state index in [1.807, 2.05) is 0 Å². The third kappa shape index (κ3) is 8.64. The first kappa shape index (κ1) is 25.8. The molecule has 2 heterocycles. The quantitative estimate of drug-likeness (QED) is 0.101. The maximum Gasteiger partial charge on any atom is 0.349 e. The van der Waals surface area contributed by atoms with E-state index in [0.29, 0.717) is 0 Å². The van der Waals surface area contributed by atoms with Crippen LogP contribution < -0.4 is 22.5 Å². The standard InChI is InChI=1S/C16H17N7O5.C3H6O/c17-11(27-15(25)9-3-1-7-20-13(9)22-18)5-6-12(24)28-16(26)10-4-2-8-21-14(10)23-19;1-3(2)4/h1-4,7-8,17H,5-6,18-19H2,(H,20,22)(H,21,23);1-2H3. The van der Waals surface area contributed by atoms with Crippen molar-refractivity contribution in [3.8, 4) is 0 Å². The molecule has 0 aliphatic rings. The molecule has 0 aliphatic heterocycles. The van der Waals surface area contributed by atoms with E-state index in [2.05, 4.69) is 25.6 Å². The van der Waals surface area contributed by atoms with Gasteiger partial charge in [0.1, 0.15) is 16.9 Å². The molecule has 0 unspecified atom stereocenters. The molecule has 0 bridgehead atoms. The number of anilines is 2. The Hall–Kier alpha value is -4.23. The molecule has 7 N–H and O–H groups in total. The summed E-state index contributed by atoms with van der Waals surface area (Å²) in [7, 11) is 0. The van der Waals surface area contributed by atoms with Gasteiger partial charge in [-0.25, -0.2) is 31.2 Å². The summed E-state index contributed by atoms with van der Waals surface area (Å²) in [5.41, 5.74) is 4.44. The Morgan fingerprint density at radius 3 is 1.75 bits per heavy atom. The number of Topliss-reactive ketones (excluding diaryl/α,β-unsaturated/α-hetero) is 1. The van der Waals surface area contributed by atoms with Crippen LogP contribution in [0.2, 0.25) is 0 Å². The number of nitrogens with one attached hydrogen (secondary N) is 3. The van der Waals surface area contributed by atoms with Crippen LogP contribution >= 0.6 is 0 Å². The van der Waals surface area contributed by atoms with Gasteiger partial charge in [0, 0.05) is 18.8 Å².